The van der Waals surface area contributed by atoms with Crippen LogP contribution in [0.15, 0.2) is 47.8 Å². The monoisotopic (exact) mass is 391 g/mol. The average molecular weight is 391 g/mol. The molecule has 138 valence electrons. The first-order valence-corrected chi connectivity index (χ1v) is 8.38. The molecule has 1 heterocycles. The summed E-state index contributed by atoms with van der Waals surface area (Å²) in [5.74, 6) is -2.15. The zero-order chi connectivity index (χ0) is 19.4. The number of nitro groups is 1. The third kappa shape index (κ3) is 4.61. The van der Waals surface area contributed by atoms with Gasteiger partial charge in [0, 0.05) is 17.0 Å². The van der Waals surface area contributed by atoms with Crippen molar-refractivity contribution in [3.8, 4) is 17.0 Å². The maximum absolute atomic E-state index is 13.7. The Kier molecular flexibility index (Phi) is 5.36. The zero-order valence-electron chi connectivity index (χ0n) is 13.5. The van der Waals surface area contributed by atoms with Gasteiger partial charge in [-0.2, -0.15) is 0 Å². The fourth-order valence-corrected chi connectivity index (χ4v) is 2.84. The second-order valence-corrected chi connectivity index (χ2v) is 6.11. The Balaban J connectivity index is 1.58. The van der Waals surface area contributed by atoms with Crippen LogP contribution in [0.3, 0.4) is 0 Å². The summed E-state index contributed by atoms with van der Waals surface area (Å²) in [7, 11) is 0. The Morgan fingerprint density at radius 1 is 1.22 bits per heavy atom. The van der Waals surface area contributed by atoms with Crippen LogP contribution < -0.4 is 10.1 Å². The molecule has 0 spiro atoms. The lowest BCUT2D eigenvalue weighted by Gasteiger charge is -2.06. The molecular formula is C17H11F2N3O4S. The summed E-state index contributed by atoms with van der Waals surface area (Å²) in [6.07, 6.45) is 0. The van der Waals surface area contributed by atoms with E-state index in [9.17, 15) is 23.7 Å². The zero-order valence-corrected chi connectivity index (χ0v) is 14.3. The van der Waals surface area contributed by atoms with Crippen LogP contribution in [-0.4, -0.2) is 22.4 Å². The van der Waals surface area contributed by atoms with Gasteiger partial charge in [-0.25, -0.2) is 13.8 Å². The number of halogens is 2. The number of non-ortho nitro benzene ring substituents is 1. The van der Waals surface area contributed by atoms with E-state index in [4.69, 9.17) is 4.74 Å². The van der Waals surface area contributed by atoms with Crippen LogP contribution >= 0.6 is 11.3 Å². The quantitative estimate of drug-likeness (QED) is 0.506. The van der Waals surface area contributed by atoms with Crippen LogP contribution in [0.25, 0.3) is 11.3 Å². The number of amides is 1. The van der Waals surface area contributed by atoms with E-state index in [1.54, 1.807) is 17.5 Å². The molecule has 1 amide bonds. The number of nitrogens with one attached hydrogen (secondary N) is 1. The summed E-state index contributed by atoms with van der Waals surface area (Å²) in [5.41, 5.74) is 0.843. The molecule has 1 N–H and O–H groups in total. The number of carbonyl (C=O) groups is 1. The van der Waals surface area contributed by atoms with Gasteiger partial charge in [-0.15, -0.1) is 11.3 Å². The lowest BCUT2D eigenvalue weighted by atomic mass is 10.2. The minimum Gasteiger partial charge on any atom is -0.481 e. The number of hydrogen-bond acceptors (Lipinski definition) is 6. The summed E-state index contributed by atoms with van der Waals surface area (Å²) in [6.45, 7) is -0.500. The first-order valence-electron chi connectivity index (χ1n) is 7.50. The summed E-state index contributed by atoms with van der Waals surface area (Å²) in [5, 5.41) is 15.1. The third-order valence-electron chi connectivity index (χ3n) is 3.38. The standard InChI is InChI=1S/C17H11F2N3O4S/c18-11-3-1-10(2-4-11)14-9-27-17(20-14)21-16(23)8-26-15-6-5-12(22(24)25)7-13(15)19/h1-7,9H,8H2,(H,20,21,23). The number of anilines is 1. The van der Waals surface area contributed by atoms with E-state index in [0.717, 1.165) is 12.1 Å². The Bertz CT molecular complexity index is 992. The number of ether oxygens (including phenoxy) is 1. The molecule has 27 heavy (non-hydrogen) atoms. The van der Waals surface area contributed by atoms with Gasteiger partial charge < -0.3 is 4.74 Å². The van der Waals surface area contributed by atoms with Gasteiger partial charge in [0.1, 0.15) is 5.82 Å². The third-order valence-corrected chi connectivity index (χ3v) is 4.13. The van der Waals surface area contributed by atoms with Gasteiger partial charge in [-0.05, 0) is 30.3 Å². The minimum atomic E-state index is -0.940. The topological polar surface area (TPSA) is 94.4 Å². The van der Waals surface area contributed by atoms with Crippen LogP contribution in [-0.2, 0) is 4.79 Å². The Labute approximate surface area is 155 Å². The number of carbonyl (C=O) groups excluding carboxylic acids is 1. The minimum absolute atomic E-state index is 0.276. The number of aromatic nitrogens is 1. The van der Waals surface area contributed by atoms with Gasteiger partial charge in [0.15, 0.2) is 23.3 Å². The van der Waals surface area contributed by atoms with E-state index in [-0.39, 0.29) is 11.6 Å². The number of benzene rings is 2. The summed E-state index contributed by atoms with van der Waals surface area (Å²) in [6, 6.07) is 8.61. The molecule has 0 radical (unpaired) electrons. The van der Waals surface area contributed by atoms with E-state index in [2.05, 4.69) is 10.3 Å². The maximum Gasteiger partial charge on any atom is 0.272 e. The molecule has 0 fully saturated rings. The van der Waals surface area contributed by atoms with Crippen molar-refractivity contribution in [2.45, 2.75) is 0 Å². The lowest BCUT2D eigenvalue weighted by molar-refractivity contribution is -0.385. The molecule has 0 aliphatic heterocycles. The van der Waals surface area contributed by atoms with Crippen molar-refractivity contribution >= 4 is 28.1 Å². The molecule has 3 aromatic rings. The molecule has 7 nitrogen and oxygen atoms in total. The van der Waals surface area contributed by atoms with E-state index < -0.39 is 28.9 Å². The molecule has 0 unspecified atom stereocenters. The highest BCUT2D eigenvalue weighted by Gasteiger charge is 2.14. The second kappa shape index (κ2) is 7.87. The molecule has 1 aromatic heterocycles. The molecule has 0 saturated carbocycles. The van der Waals surface area contributed by atoms with Crippen molar-refractivity contribution in [1.29, 1.82) is 0 Å². The SMILES string of the molecule is O=C(COc1ccc([N+](=O)[O-])cc1F)Nc1nc(-c2ccc(F)cc2)cs1. The van der Waals surface area contributed by atoms with Crippen molar-refractivity contribution in [3.05, 3.63) is 69.6 Å². The van der Waals surface area contributed by atoms with Gasteiger partial charge in [-0.3, -0.25) is 20.2 Å². The number of rotatable bonds is 6. The normalized spacial score (nSPS) is 10.4. The van der Waals surface area contributed by atoms with Crippen LogP contribution in [0.2, 0.25) is 0 Å². The highest BCUT2D eigenvalue weighted by atomic mass is 32.1. The Morgan fingerprint density at radius 3 is 2.63 bits per heavy atom. The van der Waals surface area contributed by atoms with Crippen LogP contribution in [0.1, 0.15) is 0 Å². The fraction of sp³-hybridized carbons (Fsp3) is 0.0588. The van der Waals surface area contributed by atoms with Crippen molar-refractivity contribution in [3.63, 3.8) is 0 Å². The van der Waals surface area contributed by atoms with Crippen molar-refractivity contribution in [1.82, 2.24) is 4.98 Å². The predicted molar refractivity (Wildman–Crippen MR) is 94.7 cm³/mol. The van der Waals surface area contributed by atoms with E-state index >= 15 is 0 Å². The lowest BCUT2D eigenvalue weighted by Crippen LogP contribution is -2.20. The van der Waals surface area contributed by atoms with E-state index in [1.807, 2.05) is 0 Å². The Hall–Kier alpha value is -3.40. The maximum atomic E-state index is 13.7. The number of nitro benzene ring substituents is 1. The molecule has 2 aromatic carbocycles. The highest BCUT2D eigenvalue weighted by Crippen LogP contribution is 2.25. The fourth-order valence-electron chi connectivity index (χ4n) is 2.10. The van der Waals surface area contributed by atoms with Gasteiger partial charge >= 0.3 is 0 Å². The predicted octanol–water partition coefficient (Wildman–Crippen LogP) is 4.01. The Morgan fingerprint density at radius 2 is 1.96 bits per heavy atom. The van der Waals surface area contributed by atoms with Gasteiger partial charge in [0.25, 0.3) is 11.6 Å². The highest BCUT2D eigenvalue weighted by molar-refractivity contribution is 7.14. The van der Waals surface area contributed by atoms with Crippen molar-refractivity contribution < 1.29 is 23.2 Å². The largest absolute Gasteiger partial charge is 0.481 e. The number of nitrogens with zero attached hydrogens (tertiary/aromatic N) is 2. The van der Waals surface area contributed by atoms with Crippen molar-refractivity contribution in [2.24, 2.45) is 0 Å². The second-order valence-electron chi connectivity index (χ2n) is 5.25. The van der Waals surface area contributed by atoms with Crippen LogP contribution in [0.4, 0.5) is 19.6 Å². The van der Waals surface area contributed by atoms with Gasteiger partial charge in [-0.1, -0.05) is 0 Å². The molecule has 3 rings (SSSR count). The average Bonchev–Trinajstić information content (AvgIpc) is 3.09. The molecule has 0 bridgehead atoms. The number of hydrogen-bond donors (Lipinski definition) is 1. The van der Waals surface area contributed by atoms with E-state index in [1.165, 1.54) is 23.5 Å². The first-order chi connectivity index (χ1) is 12.9. The van der Waals surface area contributed by atoms with Crippen LogP contribution in [0, 0.1) is 21.7 Å². The van der Waals surface area contributed by atoms with Gasteiger partial charge in [0.05, 0.1) is 16.7 Å². The smallest absolute Gasteiger partial charge is 0.272 e. The summed E-state index contributed by atoms with van der Waals surface area (Å²) < 4.78 is 31.7. The molecular weight excluding hydrogens is 380 g/mol. The molecule has 0 saturated heterocycles. The van der Waals surface area contributed by atoms with Crippen molar-refractivity contribution in [2.75, 3.05) is 11.9 Å². The summed E-state index contributed by atoms with van der Waals surface area (Å²) >= 11 is 1.17. The molecule has 0 atom stereocenters. The molecule has 10 heteroatoms. The van der Waals surface area contributed by atoms with Crippen LogP contribution in [0.5, 0.6) is 5.75 Å². The molecule has 0 aliphatic rings. The number of thiazole rings is 1. The van der Waals surface area contributed by atoms with Gasteiger partial charge in [0.2, 0.25) is 0 Å². The first kappa shape index (κ1) is 18.4. The molecule has 0 aliphatic carbocycles. The van der Waals surface area contributed by atoms with E-state index in [0.29, 0.717) is 22.5 Å². The summed E-state index contributed by atoms with van der Waals surface area (Å²) in [4.78, 5) is 26.0.